The second kappa shape index (κ2) is 8.28. The molecule has 3 atom stereocenters. The molecule has 0 saturated heterocycles. The number of rotatable bonds is 5. The van der Waals surface area contributed by atoms with Crippen LogP contribution in [0.3, 0.4) is 0 Å². The van der Waals surface area contributed by atoms with Crippen LogP contribution in [0.1, 0.15) is 36.5 Å². The highest BCUT2D eigenvalue weighted by molar-refractivity contribution is 6.32. The van der Waals surface area contributed by atoms with Crippen molar-refractivity contribution in [3.05, 3.63) is 45.7 Å². The number of aliphatic hydroxyl groups excluding tert-OH is 1. The van der Waals surface area contributed by atoms with Crippen LogP contribution in [0.2, 0.25) is 0 Å². The number of phenolic OH excluding ortho intramolecular Hbond substituents is 1. The predicted molar refractivity (Wildman–Crippen MR) is 116 cm³/mol. The maximum atomic E-state index is 13.5. The van der Waals surface area contributed by atoms with Gasteiger partial charge < -0.3 is 30.5 Å². The van der Waals surface area contributed by atoms with Gasteiger partial charge in [0.1, 0.15) is 22.8 Å². The molecule has 0 heterocycles. The maximum absolute atomic E-state index is 13.5. The Morgan fingerprint density at radius 1 is 1.18 bits per heavy atom. The van der Waals surface area contributed by atoms with Crippen LogP contribution < -0.4 is 5.73 Å². The number of aryl methyl sites for hydroxylation is 1. The zero-order chi connectivity index (χ0) is 24.9. The molecule has 0 radical (unpaired) electrons. The largest absolute Gasteiger partial charge is 0.507 e. The number of hydrogen-bond acceptors (Lipinski definition) is 9. The summed E-state index contributed by atoms with van der Waals surface area (Å²) in [6.07, 6.45) is 0.217. The number of fused-ring (bicyclic) bond motifs is 3. The topological polar surface area (TPSA) is 173 Å². The van der Waals surface area contributed by atoms with Crippen molar-refractivity contribution >= 4 is 29.2 Å². The molecule has 10 heteroatoms. The molecule has 1 amide bonds. The molecule has 1 saturated carbocycles. The molecule has 10 nitrogen and oxygen atoms in total. The van der Waals surface area contributed by atoms with Crippen LogP contribution in [-0.4, -0.2) is 57.6 Å². The Balaban J connectivity index is 1.78. The van der Waals surface area contributed by atoms with E-state index in [1.54, 1.807) is 13.0 Å². The first kappa shape index (κ1) is 23.5. The van der Waals surface area contributed by atoms with Gasteiger partial charge in [-0.2, -0.15) is 0 Å². The summed E-state index contributed by atoms with van der Waals surface area (Å²) >= 11 is 0. The van der Waals surface area contributed by atoms with E-state index < -0.39 is 58.8 Å². The quantitative estimate of drug-likeness (QED) is 0.274. The molecule has 1 aromatic rings. The van der Waals surface area contributed by atoms with Crippen molar-refractivity contribution in [1.29, 1.82) is 0 Å². The first-order valence-corrected chi connectivity index (χ1v) is 10.9. The van der Waals surface area contributed by atoms with Crippen molar-refractivity contribution < 1.29 is 44.0 Å². The molecular weight excluding hydrogens is 446 g/mol. The van der Waals surface area contributed by atoms with E-state index in [1.165, 1.54) is 6.07 Å². The average molecular weight is 471 g/mol. The number of hydrogen-bond donors (Lipinski definition) is 4. The summed E-state index contributed by atoms with van der Waals surface area (Å²) < 4.78 is 10.2. The van der Waals surface area contributed by atoms with Gasteiger partial charge in [-0.05, 0) is 49.8 Å². The zero-order valence-corrected chi connectivity index (χ0v) is 18.7. The molecule has 180 valence electrons. The van der Waals surface area contributed by atoms with E-state index in [4.69, 9.17) is 15.2 Å². The summed E-state index contributed by atoms with van der Waals surface area (Å²) in [6, 6.07) is 3.09. The van der Waals surface area contributed by atoms with Crippen molar-refractivity contribution in [2.75, 3.05) is 13.2 Å². The van der Waals surface area contributed by atoms with Gasteiger partial charge >= 0.3 is 5.97 Å². The van der Waals surface area contributed by atoms with Crippen LogP contribution in [0.25, 0.3) is 5.76 Å². The summed E-state index contributed by atoms with van der Waals surface area (Å²) in [5, 5.41) is 32.6. The zero-order valence-electron chi connectivity index (χ0n) is 18.7. The normalized spacial score (nSPS) is 26.0. The molecule has 1 aromatic carbocycles. The fourth-order valence-corrected chi connectivity index (χ4v) is 5.23. The lowest BCUT2D eigenvalue weighted by Gasteiger charge is -2.46. The van der Waals surface area contributed by atoms with Crippen LogP contribution >= 0.6 is 0 Å². The maximum Gasteiger partial charge on any atom is 0.344 e. The second-order valence-electron chi connectivity index (χ2n) is 8.74. The number of aliphatic hydroxyl groups is 2. The molecular formula is C24H25NO9. The number of benzene rings is 1. The number of ketones is 2. The van der Waals surface area contributed by atoms with E-state index in [0.717, 1.165) is 5.56 Å². The molecule has 1 fully saturated rings. The lowest BCUT2D eigenvalue weighted by Crippen LogP contribution is -2.61. The molecule has 0 aromatic heterocycles. The van der Waals surface area contributed by atoms with Crippen molar-refractivity contribution in [3.63, 3.8) is 0 Å². The van der Waals surface area contributed by atoms with Crippen LogP contribution in [-0.2, 0) is 35.1 Å². The standard InChI is InChI=1S/C24H25NO9/c1-3-33-16(27)9-34-15-8-12-6-11-7-13-10(2)4-5-14(26)18(13)20(28)17(11)21(29)24(12,32)22(30)19(15)23(25)31/h4-5,11-12,26,28,32H,3,6-9H2,1-2H3,(H2,25,31)/t11-,12+,24+/m1/s1. The van der Waals surface area contributed by atoms with E-state index in [0.29, 0.717) is 12.0 Å². The van der Waals surface area contributed by atoms with Crippen LogP contribution in [0.15, 0.2) is 29.0 Å². The molecule has 0 aliphatic heterocycles. The molecule has 3 aliphatic rings. The highest BCUT2D eigenvalue weighted by Gasteiger charge is 2.61. The van der Waals surface area contributed by atoms with Gasteiger partial charge in [0.25, 0.3) is 5.91 Å². The fourth-order valence-electron chi connectivity index (χ4n) is 5.23. The highest BCUT2D eigenvalue weighted by atomic mass is 16.6. The predicted octanol–water partition coefficient (Wildman–Crippen LogP) is 0.754. The molecule has 0 unspecified atom stereocenters. The van der Waals surface area contributed by atoms with Gasteiger partial charge in [-0.3, -0.25) is 14.4 Å². The van der Waals surface area contributed by atoms with Gasteiger partial charge in [0, 0.05) is 17.9 Å². The number of allylic oxidation sites excluding steroid dienone is 1. The minimum absolute atomic E-state index is 0.0917. The van der Waals surface area contributed by atoms with Crippen molar-refractivity contribution in [1.82, 2.24) is 0 Å². The van der Waals surface area contributed by atoms with Gasteiger partial charge in [0.2, 0.25) is 11.6 Å². The highest BCUT2D eigenvalue weighted by Crippen LogP contribution is 2.51. The molecule has 0 spiro atoms. The Morgan fingerprint density at radius 3 is 2.53 bits per heavy atom. The number of phenols is 1. The van der Waals surface area contributed by atoms with Gasteiger partial charge in [-0.25, -0.2) is 4.79 Å². The number of amides is 1. The van der Waals surface area contributed by atoms with Gasteiger partial charge in [-0.1, -0.05) is 6.07 Å². The van der Waals surface area contributed by atoms with Crippen LogP contribution in [0.5, 0.6) is 5.75 Å². The molecule has 34 heavy (non-hydrogen) atoms. The monoisotopic (exact) mass is 471 g/mol. The molecule has 5 N–H and O–H groups in total. The number of aromatic hydroxyl groups is 1. The van der Waals surface area contributed by atoms with Crippen molar-refractivity contribution in [2.45, 2.75) is 38.7 Å². The lowest BCUT2D eigenvalue weighted by atomic mass is 9.58. The summed E-state index contributed by atoms with van der Waals surface area (Å²) in [4.78, 5) is 50.6. The third kappa shape index (κ3) is 3.37. The number of carbonyl (C=O) groups is 4. The lowest BCUT2D eigenvalue weighted by molar-refractivity contribution is -0.160. The first-order valence-electron chi connectivity index (χ1n) is 10.9. The Hall–Kier alpha value is -3.66. The van der Waals surface area contributed by atoms with Crippen molar-refractivity contribution in [2.24, 2.45) is 17.6 Å². The van der Waals surface area contributed by atoms with Crippen LogP contribution in [0.4, 0.5) is 0 Å². The fraction of sp³-hybridized carbons (Fsp3) is 0.417. The number of ether oxygens (including phenoxy) is 2. The summed E-state index contributed by atoms with van der Waals surface area (Å²) in [5.74, 6) is -6.64. The minimum atomic E-state index is -2.64. The van der Waals surface area contributed by atoms with Gasteiger partial charge in [0.15, 0.2) is 12.2 Å². The first-order chi connectivity index (χ1) is 16.0. The number of carbonyl (C=O) groups excluding carboxylic acids is 4. The molecule has 0 bridgehead atoms. The number of Topliss-reactive ketones (excluding diaryl/α,β-unsaturated/α-hetero) is 2. The van der Waals surface area contributed by atoms with E-state index in [-0.39, 0.29) is 42.1 Å². The number of primary amides is 1. The average Bonchev–Trinajstić information content (AvgIpc) is 2.77. The van der Waals surface area contributed by atoms with E-state index in [1.807, 2.05) is 6.92 Å². The van der Waals surface area contributed by atoms with Gasteiger partial charge in [0.05, 0.1) is 12.2 Å². The Bertz CT molecular complexity index is 1200. The Kier molecular flexibility index (Phi) is 5.72. The third-order valence-corrected chi connectivity index (χ3v) is 6.83. The summed E-state index contributed by atoms with van der Waals surface area (Å²) in [7, 11) is 0. The van der Waals surface area contributed by atoms with Gasteiger partial charge in [-0.15, -0.1) is 0 Å². The van der Waals surface area contributed by atoms with E-state index in [9.17, 15) is 34.5 Å². The number of nitrogens with two attached hydrogens (primary N) is 1. The minimum Gasteiger partial charge on any atom is -0.507 e. The SMILES string of the molecule is CCOC(=O)COC1=C(C(N)=O)C(=O)[C@@]2(O)C(=O)C3=C(O)c4c(O)ccc(C)c4C[C@H]3C[C@H]2C1. The molecule has 3 aliphatic carbocycles. The summed E-state index contributed by atoms with van der Waals surface area (Å²) in [5.41, 5.74) is 3.42. The molecule has 4 rings (SSSR count). The smallest absolute Gasteiger partial charge is 0.344 e. The Morgan fingerprint density at radius 2 is 1.88 bits per heavy atom. The Labute approximate surface area is 194 Å². The van der Waals surface area contributed by atoms with Crippen molar-refractivity contribution in [3.8, 4) is 5.75 Å². The second-order valence-corrected chi connectivity index (χ2v) is 8.74. The van der Waals surface area contributed by atoms with Crippen LogP contribution in [0, 0.1) is 18.8 Å². The van der Waals surface area contributed by atoms with E-state index in [2.05, 4.69) is 0 Å². The third-order valence-electron chi connectivity index (χ3n) is 6.83. The summed E-state index contributed by atoms with van der Waals surface area (Å²) in [6.45, 7) is 2.95. The van der Waals surface area contributed by atoms with E-state index >= 15 is 0 Å². The number of esters is 1.